The normalized spacial score (nSPS) is 13.8. The molecule has 2 rings (SSSR count). The number of hydrogen-bond acceptors (Lipinski definition) is 3. The van der Waals surface area contributed by atoms with Crippen molar-refractivity contribution in [1.82, 2.24) is 10.3 Å². The van der Waals surface area contributed by atoms with E-state index < -0.39 is 24.0 Å². The number of rotatable bonds is 6. The van der Waals surface area contributed by atoms with Crippen LogP contribution in [0.15, 0.2) is 30.5 Å². The number of carboxylic acid groups (broad SMARTS) is 1. The van der Waals surface area contributed by atoms with E-state index in [0.29, 0.717) is 6.42 Å². The van der Waals surface area contributed by atoms with Crippen molar-refractivity contribution >= 4 is 22.8 Å². The highest BCUT2D eigenvalue weighted by molar-refractivity contribution is 5.86. The van der Waals surface area contributed by atoms with Crippen molar-refractivity contribution in [2.45, 2.75) is 31.9 Å². The Balaban J connectivity index is 1.96. The lowest BCUT2D eigenvalue weighted by molar-refractivity contribution is -0.144. The lowest BCUT2D eigenvalue weighted by Crippen LogP contribution is -2.47. The van der Waals surface area contributed by atoms with Crippen LogP contribution in [0.5, 0.6) is 0 Å². The van der Waals surface area contributed by atoms with Crippen LogP contribution < -0.4 is 5.32 Å². The minimum absolute atomic E-state index is 0.165. The molecule has 0 fully saturated rings. The van der Waals surface area contributed by atoms with E-state index in [0.717, 1.165) is 16.5 Å². The molecule has 0 saturated carbocycles. The number of amides is 1. The molecule has 112 valence electrons. The summed E-state index contributed by atoms with van der Waals surface area (Å²) >= 11 is 0. The van der Waals surface area contributed by atoms with Crippen molar-refractivity contribution in [2.75, 3.05) is 0 Å². The van der Waals surface area contributed by atoms with Crippen LogP contribution in [0.2, 0.25) is 0 Å². The van der Waals surface area contributed by atoms with Crippen molar-refractivity contribution in [3.63, 3.8) is 0 Å². The van der Waals surface area contributed by atoms with Crippen LogP contribution in [0.4, 0.5) is 0 Å². The number of aliphatic hydroxyl groups is 1. The minimum Gasteiger partial charge on any atom is -0.480 e. The van der Waals surface area contributed by atoms with Gasteiger partial charge in [0.15, 0.2) is 6.04 Å². The number of hydrogen-bond donors (Lipinski definition) is 4. The number of carbonyl (C=O) groups excluding carboxylic acids is 1. The quantitative estimate of drug-likeness (QED) is 0.638. The van der Waals surface area contributed by atoms with Gasteiger partial charge in [0.05, 0.1) is 6.10 Å². The first-order valence-electron chi connectivity index (χ1n) is 6.74. The van der Waals surface area contributed by atoms with E-state index in [1.165, 1.54) is 6.92 Å². The van der Waals surface area contributed by atoms with Gasteiger partial charge >= 0.3 is 5.97 Å². The molecular formula is C15H18N2O4. The molecule has 6 heteroatoms. The number of benzene rings is 1. The van der Waals surface area contributed by atoms with Crippen LogP contribution in [0.3, 0.4) is 0 Å². The average Bonchev–Trinajstić information content (AvgIpc) is 2.85. The van der Waals surface area contributed by atoms with Crippen molar-refractivity contribution in [1.29, 1.82) is 0 Å². The molecule has 6 nitrogen and oxygen atoms in total. The van der Waals surface area contributed by atoms with Gasteiger partial charge in [-0.05, 0) is 25.0 Å². The third-order valence-corrected chi connectivity index (χ3v) is 3.36. The number of para-hydroxylation sites is 1. The fourth-order valence-electron chi connectivity index (χ4n) is 2.22. The smallest absolute Gasteiger partial charge is 0.328 e. The zero-order valence-electron chi connectivity index (χ0n) is 11.7. The van der Waals surface area contributed by atoms with E-state index >= 15 is 0 Å². The molecule has 21 heavy (non-hydrogen) atoms. The van der Waals surface area contributed by atoms with E-state index in [1.54, 1.807) is 0 Å². The van der Waals surface area contributed by atoms with E-state index in [9.17, 15) is 14.7 Å². The average molecular weight is 290 g/mol. The van der Waals surface area contributed by atoms with Gasteiger partial charge < -0.3 is 20.5 Å². The molecule has 2 unspecified atom stereocenters. The molecule has 0 saturated heterocycles. The summed E-state index contributed by atoms with van der Waals surface area (Å²) in [5, 5.41) is 21.6. The topological polar surface area (TPSA) is 102 Å². The number of aromatic amines is 1. The number of aromatic nitrogens is 1. The fourth-order valence-corrected chi connectivity index (χ4v) is 2.22. The first-order chi connectivity index (χ1) is 9.99. The third-order valence-electron chi connectivity index (χ3n) is 3.36. The number of aryl methyl sites for hydroxylation is 1. The molecule has 1 heterocycles. The van der Waals surface area contributed by atoms with Gasteiger partial charge in [-0.2, -0.15) is 0 Å². The van der Waals surface area contributed by atoms with Gasteiger partial charge in [0.2, 0.25) is 5.91 Å². The minimum atomic E-state index is -1.28. The summed E-state index contributed by atoms with van der Waals surface area (Å²) in [6.45, 7) is 1.33. The first-order valence-corrected chi connectivity index (χ1v) is 6.74. The SMILES string of the molecule is CC(O)C(NC(=O)CCc1c[nH]c2ccccc12)C(=O)O. The lowest BCUT2D eigenvalue weighted by atomic mass is 10.1. The number of nitrogens with one attached hydrogen (secondary N) is 2. The number of aliphatic carboxylic acids is 1. The van der Waals surface area contributed by atoms with Crippen molar-refractivity contribution < 1.29 is 19.8 Å². The van der Waals surface area contributed by atoms with Crippen LogP contribution >= 0.6 is 0 Å². The highest BCUT2D eigenvalue weighted by Crippen LogP contribution is 2.18. The van der Waals surface area contributed by atoms with Crippen LogP contribution in [-0.4, -0.2) is 39.2 Å². The number of carbonyl (C=O) groups is 2. The van der Waals surface area contributed by atoms with Crippen LogP contribution in [0, 0.1) is 0 Å². The summed E-state index contributed by atoms with van der Waals surface area (Å²) in [5.41, 5.74) is 2.00. The Morgan fingerprint density at radius 3 is 2.71 bits per heavy atom. The van der Waals surface area contributed by atoms with Crippen LogP contribution in [-0.2, 0) is 16.0 Å². The Kier molecular flexibility index (Phi) is 4.59. The Labute approximate surface area is 121 Å². The van der Waals surface area contributed by atoms with Crippen LogP contribution in [0.25, 0.3) is 10.9 Å². The molecule has 2 aromatic rings. The van der Waals surface area contributed by atoms with Gasteiger partial charge in [-0.1, -0.05) is 18.2 Å². The predicted octanol–water partition coefficient (Wildman–Crippen LogP) is 1.05. The largest absolute Gasteiger partial charge is 0.480 e. The van der Waals surface area contributed by atoms with E-state index in [-0.39, 0.29) is 6.42 Å². The van der Waals surface area contributed by atoms with Gasteiger partial charge in [0, 0.05) is 23.5 Å². The van der Waals surface area contributed by atoms with Gasteiger partial charge in [-0.3, -0.25) is 4.79 Å². The maximum Gasteiger partial charge on any atom is 0.328 e. The monoisotopic (exact) mass is 290 g/mol. The number of fused-ring (bicyclic) bond motifs is 1. The van der Waals surface area contributed by atoms with Crippen LogP contribution in [0.1, 0.15) is 18.9 Å². The summed E-state index contributed by atoms with van der Waals surface area (Å²) in [7, 11) is 0. The van der Waals surface area contributed by atoms with E-state index in [1.807, 2.05) is 30.5 Å². The molecule has 1 amide bonds. The van der Waals surface area contributed by atoms with Gasteiger partial charge in [-0.15, -0.1) is 0 Å². The summed E-state index contributed by atoms with van der Waals surface area (Å²) in [5.74, 6) is -1.64. The third kappa shape index (κ3) is 3.61. The highest BCUT2D eigenvalue weighted by atomic mass is 16.4. The molecular weight excluding hydrogens is 272 g/mol. The molecule has 1 aromatic carbocycles. The second kappa shape index (κ2) is 6.41. The second-order valence-electron chi connectivity index (χ2n) is 4.98. The Hall–Kier alpha value is -2.34. The van der Waals surface area contributed by atoms with Crippen molar-refractivity contribution in [2.24, 2.45) is 0 Å². The number of H-pyrrole nitrogens is 1. The summed E-state index contributed by atoms with van der Waals surface area (Å²) < 4.78 is 0. The molecule has 0 aliphatic carbocycles. The maximum atomic E-state index is 11.8. The molecule has 1 aromatic heterocycles. The van der Waals surface area contributed by atoms with E-state index in [2.05, 4.69) is 10.3 Å². The Morgan fingerprint density at radius 2 is 2.05 bits per heavy atom. The summed E-state index contributed by atoms with van der Waals surface area (Å²) in [6.07, 6.45) is 1.38. The van der Waals surface area contributed by atoms with Gasteiger partial charge in [-0.25, -0.2) is 4.79 Å². The van der Waals surface area contributed by atoms with Gasteiger partial charge in [0.1, 0.15) is 0 Å². The van der Waals surface area contributed by atoms with Gasteiger partial charge in [0.25, 0.3) is 0 Å². The Morgan fingerprint density at radius 1 is 1.33 bits per heavy atom. The molecule has 0 radical (unpaired) electrons. The first kappa shape index (κ1) is 15.1. The van der Waals surface area contributed by atoms with Crippen molar-refractivity contribution in [3.05, 3.63) is 36.0 Å². The zero-order valence-corrected chi connectivity index (χ0v) is 11.7. The highest BCUT2D eigenvalue weighted by Gasteiger charge is 2.24. The zero-order chi connectivity index (χ0) is 15.4. The van der Waals surface area contributed by atoms with Crippen molar-refractivity contribution in [3.8, 4) is 0 Å². The molecule has 2 atom stereocenters. The number of aliphatic hydroxyl groups excluding tert-OH is 1. The summed E-state index contributed by atoms with van der Waals surface area (Å²) in [6, 6.07) is 6.49. The molecule has 0 spiro atoms. The second-order valence-corrected chi connectivity index (χ2v) is 4.98. The fraction of sp³-hybridized carbons (Fsp3) is 0.333. The summed E-state index contributed by atoms with van der Waals surface area (Å²) in [4.78, 5) is 25.8. The standard InChI is InChI=1S/C15H18N2O4/c1-9(18)14(15(20)21)17-13(19)7-6-10-8-16-12-5-3-2-4-11(10)12/h2-5,8-9,14,16,18H,6-7H2,1H3,(H,17,19)(H,20,21). The molecule has 0 aliphatic heterocycles. The molecule has 0 aliphatic rings. The maximum absolute atomic E-state index is 11.8. The van der Waals surface area contributed by atoms with E-state index in [4.69, 9.17) is 5.11 Å². The lowest BCUT2D eigenvalue weighted by Gasteiger charge is -2.16. The predicted molar refractivity (Wildman–Crippen MR) is 77.9 cm³/mol. The molecule has 0 bridgehead atoms. The molecule has 4 N–H and O–H groups in total. The number of carboxylic acids is 1. The Bertz CT molecular complexity index is 648.